The quantitative estimate of drug-likeness (QED) is 0.803. The van der Waals surface area contributed by atoms with Crippen molar-refractivity contribution in [3.63, 3.8) is 0 Å². The third kappa shape index (κ3) is 2.25. The molecule has 2 N–H and O–H groups in total. The maximum absolute atomic E-state index is 5.56. The lowest BCUT2D eigenvalue weighted by Crippen LogP contribution is -2.08. The summed E-state index contributed by atoms with van der Waals surface area (Å²) in [6.07, 6.45) is 5.81. The van der Waals surface area contributed by atoms with Crippen molar-refractivity contribution < 1.29 is 4.74 Å². The monoisotopic (exact) mass is 220 g/mol. The standard InChI is InChI=1S/C9H12N6O/c1-2-5-16-9-13-7(10)12-8(14-9)15-4-3-11-6-15/h3-4,6H,2,5H2,1H3,(H2,10,12,13,14). The molecular formula is C9H12N6O. The number of ether oxygens (including phenoxy) is 1. The van der Waals surface area contributed by atoms with Gasteiger partial charge < -0.3 is 10.5 Å². The molecule has 0 spiro atoms. The molecule has 16 heavy (non-hydrogen) atoms. The molecule has 0 bridgehead atoms. The Hall–Kier alpha value is -2.18. The molecule has 2 heterocycles. The zero-order valence-corrected chi connectivity index (χ0v) is 8.87. The molecule has 2 aromatic heterocycles. The van der Waals surface area contributed by atoms with Crippen LogP contribution in [0.25, 0.3) is 5.95 Å². The summed E-state index contributed by atoms with van der Waals surface area (Å²) in [5.41, 5.74) is 5.56. The summed E-state index contributed by atoms with van der Waals surface area (Å²) in [6, 6.07) is 0.234. The molecule has 0 amide bonds. The first-order chi connectivity index (χ1) is 7.79. The van der Waals surface area contributed by atoms with Gasteiger partial charge in [-0.3, -0.25) is 4.57 Å². The third-order valence-corrected chi connectivity index (χ3v) is 1.79. The summed E-state index contributed by atoms with van der Waals surface area (Å²) in [7, 11) is 0. The van der Waals surface area contributed by atoms with E-state index in [1.807, 2.05) is 6.92 Å². The van der Waals surface area contributed by atoms with Crippen molar-refractivity contribution in [3.8, 4) is 12.0 Å². The Kier molecular flexibility index (Phi) is 2.95. The Morgan fingerprint density at radius 3 is 2.94 bits per heavy atom. The van der Waals surface area contributed by atoms with Crippen LogP contribution >= 0.6 is 0 Å². The Morgan fingerprint density at radius 2 is 2.25 bits per heavy atom. The molecule has 0 radical (unpaired) electrons. The van der Waals surface area contributed by atoms with E-state index in [1.165, 1.54) is 0 Å². The van der Waals surface area contributed by atoms with Crippen molar-refractivity contribution in [1.82, 2.24) is 24.5 Å². The number of aromatic nitrogens is 5. The van der Waals surface area contributed by atoms with E-state index in [4.69, 9.17) is 10.5 Å². The Labute approximate surface area is 92.3 Å². The number of nitrogens with zero attached hydrogens (tertiary/aromatic N) is 5. The van der Waals surface area contributed by atoms with Gasteiger partial charge in [0.1, 0.15) is 6.33 Å². The Bertz CT molecular complexity index is 455. The lowest BCUT2D eigenvalue weighted by molar-refractivity contribution is 0.291. The summed E-state index contributed by atoms with van der Waals surface area (Å²) in [4.78, 5) is 15.9. The minimum absolute atomic E-state index is 0.129. The predicted octanol–water partition coefficient (Wildman–Crippen LogP) is 0.428. The van der Waals surface area contributed by atoms with Crippen LogP contribution in [0.4, 0.5) is 5.95 Å². The van der Waals surface area contributed by atoms with Crippen molar-refractivity contribution in [2.24, 2.45) is 0 Å². The molecule has 0 aromatic carbocycles. The first-order valence-electron chi connectivity index (χ1n) is 4.92. The molecule has 7 nitrogen and oxygen atoms in total. The molecular weight excluding hydrogens is 208 g/mol. The Balaban J connectivity index is 2.29. The molecule has 0 aliphatic heterocycles. The fraction of sp³-hybridized carbons (Fsp3) is 0.333. The van der Waals surface area contributed by atoms with Crippen LogP contribution in [0.2, 0.25) is 0 Å². The van der Waals surface area contributed by atoms with E-state index in [9.17, 15) is 0 Å². The largest absolute Gasteiger partial charge is 0.463 e. The first-order valence-corrected chi connectivity index (χ1v) is 4.92. The number of anilines is 1. The van der Waals surface area contributed by atoms with Crippen LogP contribution in [0.15, 0.2) is 18.7 Å². The van der Waals surface area contributed by atoms with Crippen molar-refractivity contribution in [3.05, 3.63) is 18.7 Å². The smallest absolute Gasteiger partial charge is 0.323 e. The fourth-order valence-electron chi connectivity index (χ4n) is 1.11. The molecule has 0 saturated carbocycles. The van der Waals surface area contributed by atoms with Crippen LogP contribution < -0.4 is 10.5 Å². The SMILES string of the molecule is CCCOc1nc(N)nc(-n2ccnc2)n1. The highest BCUT2D eigenvalue weighted by molar-refractivity contribution is 5.24. The molecule has 7 heteroatoms. The second-order valence-corrected chi connectivity index (χ2v) is 3.09. The van der Waals surface area contributed by atoms with Gasteiger partial charge in [0.25, 0.3) is 0 Å². The number of rotatable bonds is 4. The van der Waals surface area contributed by atoms with Crippen LogP contribution in [-0.2, 0) is 0 Å². The van der Waals surface area contributed by atoms with Gasteiger partial charge in [0.2, 0.25) is 11.9 Å². The van der Waals surface area contributed by atoms with E-state index in [0.717, 1.165) is 6.42 Å². The molecule has 0 atom stereocenters. The van der Waals surface area contributed by atoms with Crippen molar-refractivity contribution in [1.29, 1.82) is 0 Å². The fourth-order valence-corrected chi connectivity index (χ4v) is 1.11. The minimum Gasteiger partial charge on any atom is -0.463 e. The lowest BCUT2D eigenvalue weighted by Gasteiger charge is -2.05. The average Bonchev–Trinajstić information content (AvgIpc) is 2.79. The van der Waals surface area contributed by atoms with E-state index >= 15 is 0 Å². The lowest BCUT2D eigenvalue weighted by atomic mass is 10.5. The normalized spacial score (nSPS) is 10.3. The van der Waals surface area contributed by atoms with Gasteiger partial charge in [-0.25, -0.2) is 4.98 Å². The molecule has 0 fully saturated rings. The molecule has 0 unspecified atom stereocenters. The minimum atomic E-state index is 0.129. The van der Waals surface area contributed by atoms with E-state index in [1.54, 1.807) is 23.3 Å². The van der Waals surface area contributed by atoms with E-state index in [0.29, 0.717) is 12.6 Å². The first kappa shape index (κ1) is 10.3. The van der Waals surface area contributed by atoms with Gasteiger partial charge in [-0.05, 0) is 6.42 Å². The van der Waals surface area contributed by atoms with Crippen molar-refractivity contribution >= 4 is 5.95 Å². The number of hydrogen-bond donors (Lipinski definition) is 1. The van der Waals surface area contributed by atoms with Crippen LogP contribution in [-0.4, -0.2) is 31.1 Å². The van der Waals surface area contributed by atoms with Crippen LogP contribution in [0.3, 0.4) is 0 Å². The van der Waals surface area contributed by atoms with Gasteiger partial charge in [0.05, 0.1) is 6.61 Å². The van der Waals surface area contributed by atoms with E-state index in [2.05, 4.69) is 19.9 Å². The number of nitrogens with two attached hydrogens (primary N) is 1. The molecule has 0 aliphatic rings. The Morgan fingerprint density at radius 1 is 1.38 bits per heavy atom. The van der Waals surface area contributed by atoms with Gasteiger partial charge in [-0.2, -0.15) is 15.0 Å². The molecule has 0 saturated heterocycles. The average molecular weight is 220 g/mol. The highest BCUT2D eigenvalue weighted by Crippen LogP contribution is 2.08. The maximum atomic E-state index is 5.56. The highest BCUT2D eigenvalue weighted by Gasteiger charge is 2.06. The van der Waals surface area contributed by atoms with Gasteiger partial charge in [0, 0.05) is 12.4 Å². The highest BCUT2D eigenvalue weighted by atomic mass is 16.5. The predicted molar refractivity (Wildman–Crippen MR) is 57.1 cm³/mol. The number of nitrogen functional groups attached to an aromatic ring is 1. The number of imidazole rings is 1. The zero-order valence-electron chi connectivity index (χ0n) is 8.87. The molecule has 2 aromatic rings. The van der Waals surface area contributed by atoms with Gasteiger partial charge in [0.15, 0.2) is 0 Å². The van der Waals surface area contributed by atoms with Crippen LogP contribution in [0.1, 0.15) is 13.3 Å². The zero-order chi connectivity index (χ0) is 11.4. The van der Waals surface area contributed by atoms with Crippen LogP contribution in [0.5, 0.6) is 6.01 Å². The summed E-state index contributed by atoms with van der Waals surface area (Å²) in [6.45, 7) is 2.55. The van der Waals surface area contributed by atoms with E-state index < -0.39 is 0 Å². The van der Waals surface area contributed by atoms with Crippen LogP contribution in [0, 0.1) is 0 Å². The van der Waals surface area contributed by atoms with E-state index in [-0.39, 0.29) is 12.0 Å². The molecule has 84 valence electrons. The van der Waals surface area contributed by atoms with Gasteiger partial charge in [-0.15, -0.1) is 0 Å². The second kappa shape index (κ2) is 4.56. The maximum Gasteiger partial charge on any atom is 0.323 e. The van der Waals surface area contributed by atoms with Gasteiger partial charge in [-0.1, -0.05) is 6.92 Å². The summed E-state index contributed by atoms with van der Waals surface area (Å²) in [5, 5.41) is 0. The van der Waals surface area contributed by atoms with Gasteiger partial charge >= 0.3 is 6.01 Å². The third-order valence-electron chi connectivity index (χ3n) is 1.79. The topological polar surface area (TPSA) is 91.7 Å². The van der Waals surface area contributed by atoms with Crippen molar-refractivity contribution in [2.75, 3.05) is 12.3 Å². The van der Waals surface area contributed by atoms with Crippen molar-refractivity contribution in [2.45, 2.75) is 13.3 Å². The summed E-state index contributed by atoms with van der Waals surface area (Å²) < 4.78 is 6.93. The molecule has 2 rings (SSSR count). The molecule has 0 aliphatic carbocycles. The summed E-state index contributed by atoms with van der Waals surface area (Å²) >= 11 is 0. The number of hydrogen-bond acceptors (Lipinski definition) is 6. The summed E-state index contributed by atoms with van der Waals surface area (Å²) in [5.74, 6) is 0.529. The second-order valence-electron chi connectivity index (χ2n) is 3.09.